The summed E-state index contributed by atoms with van der Waals surface area (Å²) in [6, 6.07) is 11.1. The molecule has 0 aliphatic carbocycles. The molecule has 31 heavy (non-hydrogen) atoms. The summed E-state index contributed by atoms with van der Waals surface area (Å²) in [5.41, 5.74) is 2.14. The molecule has 1 aliphatic rings. The Hall–Kier alpha value is -2.97. The van der Waals surface area contributed by atoms with E-state index in [1.807, 2.05) is 58.0 Å². The lowest BCUT2D eigenvalue weighted by Crippen LogP contribution is -2.34. The maximum absolute atomic E-state index is 13.4. The molecule has 1 aliphatic heterocycles. The van der Waals surface area contributed by atoms with Gasteiger partial charge in [0, 0.05) is 12.2 Å². The summed E-state index contributed by atoms with van der Waals surface area (Å²) >= 11 is 6.54. The molecule has 3 aromatic rings. The van der Waals surface area contributed by atoms with Crippen molar-refractivity contribution < 1.29 is 9.53 Å². The number of thioether (sulfide) groups is 1. The van der Waals surface area contributed by atoms with Gasteiger partial charge in [-0.25, -0.2) is 0 Å². The van der Waals surface area contributed by atoms with Gasteiger partial charge in [-0.15, -0.1) is 0 Å². The standard InChI is InChI=1S/C23H21N3O3S2/c1-13(2)26-22(28)18(31-23(26)30)12-16-20(29-17-10-6-5-8-14(17)3)24-19-15(4)9-7-11-25(19)21(16)27/h5-13H,1-4H3. The number of rotatable bonds is 4. The molecule has 0 spiro atoms. The third-order valence-electron chi connectivity index (χ3n) is 4.96. The van der Waals surface area contributed by atoms with Crippen molar-refractivity contribution in [1.29, 1.82) is 0 Å². The Morgan fingerprint density at radius 3 is 2.48 bits per heavy atom. The van der Waals surface area contributed by atoms with Gasteiger partial charge in [0.05, 0.1) is 4.91 Å². The van der Waals surface area contributed by atoms with Crippen molar-refractivity contribution in [3.63, 3.8) is 0 Å². The van der Waals surface area contributed by atoms with Gasteiger partial charge < -0.3 is 4.74 Å². The Bertz CT molecular complexity index is 1310. The number of thiocarbonyl (C=S) groups is 1. The summed E-state index contributed by atoms with van der Waals surface area (Å²) in [5.74, 6) is 0.528. The first kappa shape index (κ1) is 21.3. The second kappa shape index (κ2) is 8.28. The lowest BCUT2D eigenvalue weighted by atomic mass is 10.2. The Balaban J connectivity index is 1.92. The van der Waals surface area contributed by atoms with Crippen molar-refractivity contribution in [3.8, 4) is 11.6 Å². The first-order chi connectivity index (χ1) is 14.8. The average molecular weight is 452 g/mol. The molecule has 0 N–H and O–H groups in total. The Kier molecular flexibility index (Phi) is 5.68. The fourth-order valence-corrected chi connectivity index (χ4v) is 4.83. The van der Waals surface area contributed by atoms with Crippen LogP contribution in [-0.2, 0) is 4.79 Å². The predicted octanol–water partition coefficient (Wildman–Crippen LogP) is 4.71. The summed E-state index contributed by atoms with van der Waals surface area (Å²) in [4.78, 5) is 32.9. The quantitative estimate of drug-likeness (QED) is 0.423. The van der Waals surface area contributed by atoms with Crippen LogP contribution >= 0.6 is 24.0 Å². The van der Waals surface area contributed by atoms with Crippen molar-refractivity contribution in [2.24, 2.45) is 0 Å². The first-order valence-corrected chi connectivity index (χ1v) is 11.0. The van der Waals surface area contributed by atoms with E-state index in [-0.39, 0.29) is 29.0 Å². The Labute approximate surface area is 189 Å². The van der Waals surface area contributed by atoms with Gasteiger partial charge in [-0.3, -0.25) is 18.9 Å². The molecule has 158 valence electrons. The highest BCUT2D eigenvalue weighted by atomic mass is 32.2. The summed E-state index contributed by atoms with van der Waals surface area (Å²) in [7, 11) is 0. The van der Waals surface area contributed by atoms with Crippen molar-refractivity contribution in [2.75, 3.05) is 0 Å². The zero-order chi connectivity index (χ0) is 22.3. The zero-order valence-electron chi connectivity index (χ0n) is 17.6. The van der Waals surface area contributed by atoms with Crippen LogP contribution in [0.25, 0.3) is 11.7 Å². The fraction of sp³-hybridized carbons (Fsp3) is 0.217. The van der Waals surface area contributed by atoms with E-state index in [0.29, 0.717) is 20.6 Å². The lowest BCUT2D eigenvalue weighted by Gasteiger charge is -2.18. The number of hydrogen-bond acceptors (Lipinski definition) is 6. The Morgan fingerprint density at radius 1 is 1.10 bits per heavy atom. The van der Waals surface area contributed by atoms with Crippen LogP contribution in [-0.4, -0.2) is 30.6 Å². The maximum atomic E-state index is 13.4. The summed E-state index contributed by atoms with van der Waals surface area (Å²) in [6.07, 6.45) is 3.20. The molecule has 1 amide bonds. The molecule has 4 rings (SSSR count). The number of hydrogen-bond donors (Lipinski definition) is 0. The van der Waals surface area contributed by atoms with Gasteiger partial charge in [-0.2, -0.15) is 4.98 Å². The molecule has 3 heterocycles. The van der Waals surface area contributed by atoms with E-state index in [4.69, 9.17) is 17.0 Å². The number of pyridine rings is 1. The van der Waals surface area contributed by atoms with Crippen molar-refractivity contribution in [2.45, 2.75) is 33.7 Å². The van der Waals surface area contributed by atoms with Crippen LogP contribution in [0, 0.1) is 13.8 Å². The molecule has 0 saturated carbocycles. The van der Waals surface area contributed by atoms with Gasteiger partial charge in [0.25, 0.3) is 11.5 Å². The van der Waals surface area contributed by atoms with Gasteiger partial charge in [0.1, 0.15) is 21.3 Å². The van der Waals surface area contributed by atoms with E-state index in [1.165, 1.54) is 16.2 Å². The van der Waals surface area contributed by atoms with Crippen LogP contribution < -0.4 is 10.3 Å². The highest BCUT2D eigenvalue weighted by molar-refractivity contribution is 8.26. The van der Waals surface area contributed by atoms with Crippen molar-refractivity contribution >= 4 is 45.9 Å². The number of benzene rings is 1. The molecule has 0 bridgehead atoms. The van der Waals surface area contributed by atoms with Crippen LogP contribution in [0.4, 0.5) is 0 Å². The number of carbonyl (C=O) groups excluding carboxylic acids is 1. The van der Waals surface area contributed by atoms with Crippen LogP contribution in [0.3, 0.4) is 0 Å². The number of carbonyl (C=O) groups is 1. The minimum atomic E-state index is -0.313. The highest BCUT2D eigenvalue weighted by Crippen LogP contribution is 2.35. The van der Waals surface area contributed by atoms with Gasteiger partial charge in [0.15, 0.2) is 0 Å². The van der Waals surface area contributed by atoms with Gasteiger partial charge in [-0.05, 0) is 57.0 Å². The molecule has 0 atom stereocenters. The smallest absolute Gasteiger partial charge is 0.269 e. The molecular formula is C23H21N3O3S2. The fourth-order valence-electron chi connectivity index (χ4n) is 3.32. The second-order valence-electron chi connectivity index (χ2n) is 7.53. The molecule has 8 heteroatoms. The summed E-state index contributed by atoms with van der Waals surface area (Å²) in [5, 5.41) is 0. The van der Waals surface area contributed by atoms with Crippen LogP contribution in [0.5, 0.6) is 11.6 Å². The molecule has 6 nitrogen and oxygen atoms in total. The minimum absolute atomic E-state index is 0.0698. The Morgan fingerprint density at radius 2 is 1.81 bits per heavy atom. The minimum Gasteiger partial charge on any atom is -0.438 e. The predicted molar refractivity (Wildman–Crippen MR) is 128 cm³/mol. The molecular weight excluding hydrogens is 430 g/mol. The molecule has 0 radical (unpaired) electrons. The number of aryl methyl sites for hydroxylation is 2. The zero-order valence-corrected chi connectivity index (χ0v) is 19.2. The summed E-state index contributed by atoms with van der Waals surface area (Å²) < 4.78 is 8.03. The van der Waals surface area contributed by atoms with E-state index in [0.717, 1.165) is 11.1 Å². The molecule has 1 saturated heterocycles. The highest BCUT2D eigenvalue weighted by Gasteiger charge is 2.34. The van der Waals surface area contributed by atoms with Crippen LogP contribution in [0.2, 0.25) is 0 Å². The number of amides is 1. The van der Waals surface area contributed by atoms with Crippen molar-refractivity contribution in [3.05, 3.63) is 74.5 Å². The van der Waals surface area contributed by atoms with Crippen LogP contribution in [0.1, 0.15) is 30.5 Å². The number of nitrogens with zero attached hydrogens (tertiary/aromatic N) is 3. The average Bonchev–Trinajstić information content (AvgIpc) is 3.00. The SMILES string of the molecule is Cc1ccccc1Oc1nc2c(C)cccn2c(=O)c1C=C1SC(=S)N(C(C)C)C1=O. The molecule has 2 aromatic heterocycles. The van der Waals surface area contributed by atoms with Crippen molar-refractivity contribution in [1.82, 2.24) is 14.3 Å². The number of ether oxygens (including phenoxy) is 1. The van der Waals surface area contributed by atoms with E-state index < -0.39 is 0 Å². The third-order valence-corrected chi connectivity index (χ3v) is 6.30. The number of fused-ring (bicyclic) bond motifs is 1. The van der Waals surface area contributed by atoms with E-state index >= 15 is 0 Å². The first-order valence-electron chi connectivity index (χ1n) is 9.80. The van der Waals surface area contributed by atoms with E-state index in [2.05, 4.69) is 4.98 Å². The van der Waals surface area contributed by atoms with E-state index in [1.54, 1.807) is 23.2 Å². The second-order valence-corrected chi connectivity index (χ2v) is 9.21. The monoisotopic (exact) mass is 451 g/mol. The lowest BCUT2D eigenvalue weighted by molar-refractivity contribution is -0.123. The molecule has 1 fully saturated rings. The summed E-state index contributed by atoms with van der Waals surface area (Å²) in [6.45, 7) is 7.60. The third kappa shape index (κ3) is 3.88. The van der Waals surface area contributed by atoms with Gasteiger partial charge in [0.2, 0.25) is 5.88 Å². The maximum Gasteiger partial charge on any atom is 0.269 e. The topological polar surface area (TPSA) is 63.9 Å². The molecule has 0 unspecified atom stereocenters. The molecule has 1 aromatic carbocycles. The van der Waals surface area contributed by atoms with Crippen LogP contribution in [0.15, 0.2) is 52.3 Å². The normalized spacial score (nSPS) is 15.5. The number of aromatic nitrogens is 2. The number of para-hydroxylation sites is 1. The van der Waals surface area contributed by atoms with Gasteiger partial charge >= 0.3 is 0 Å². The van der Waals surface area contributed by atoms with E-state index in [9.17, 15) is 9.59 Å². The largest absolute Gasteiger partial charge is 0.438 e. The van der Waals surface area contributed by atoms with Gasteiger partial charge in [-0.1, -0.05) is 48.2 Å².